The van der Waals surface area contributed by atoms with Crippen LogP contribution in [0.3, 0.4) is 0 Å². The van der Waals surface area contributed by atoms with Gasteiger partial charge < -0.3 is 4.57 Å². The minimum absolute atomic E-state index is 0.00500. The van der Waals surface area contributed by atoms with Gasteiger partial charge in [-0.1, -0.05) is 17.7 Å². The Balaban J connectivity index is 2.27. The third-order valence-electron chi connectivity index (χ3n) is 2.20. The number of halogens is 1. The summed E-state index contributed by atoms with van der Waals surface area (Å²) in [5, 5.41) is 0.549. The van der Waals surface area contributed by atoms with Crippen LogP contribution in [0, 0.1) is 0 Å². The summed E-state index contributed by atoms with van der Waals surface area (Å²) >= 11 is 5.86. The Morgan fingerprint density at radius 2 is 2.16 bits per heavy atom. The Morgan fingerprint density at radius 1 is 1.42 bits per heavy atom. The van der Waals surface area contributed by atoms with Gasteiger partial charge in [0.15, 0.2) is 0 Å². The Morgan fingerprint density at radius 3 is 2.79 bits per heavy atom. The van der Waals surface area contributed by atoms with Crippen LogP contribution in [0.2, 0.25) is 5.02 Å². The fourth-order valence-corrected chi connectivity index (χ4v) is 2.06. The molecule has 1 N–H and O–H groups in total. The van der Waals surface area contributed by atoms with Crippen molar-refractivity contribution >= 4 is 27.5 Å². The average Bonchev–Trinajstić information content (AvgIpc) is 2.75. The van der Waals surface area contributed by atoms with E-state index < -0.39 is 15.9 Å². The van der Waals surface area contributed by atoms with Crippen molar-refractivity contribution in [2.45, 2.75) is 0 Å². The summed E-state index contributed by atoms with van der Waals surface area (Å²) < 4.78 is 25.3. The first-order chi connectivity index (χ1) is 8.85. The van der Waals surface area contributed by atoms with E-state index in [1.54, 1.807) is 28.8 Å². The van der Waals surface area contributed by atoms with Gasteiger partial charge in [0.1, 0.15) is 12.0 Å². The van der Waals surface area contributed by atoms with E-state index in [-0.39, 0.29) is 5.69 Å². The Hall–Kier alpha value is -1.86. The van der Waals surface area contributed by atoms with Gasteiger partial charge in [0.05, 0.1) is 6.26 Å². The van der Waals surface area contributed by atoms with Crippen molar-refractivity contribution in [2.24, 2.45) is 0 Å². The van der Waals surface area contributed by atoms with E-state index in [9.17, 15) is 13.2 Å². The number of carbonyl (C=O) groups is 1. The molecule has 6 nitrogen and oxygen atoms in total. The second-order valence-corrected chi connectivity index (χ2v) is 6.03. The summed E-state index contributed by atoms with van der Waals surface area (Å²) in [5.41, 5.74) is 0.726. The molecule has 0 saturated heterocycles. The smallest absolute Gasteiger partial charge is 0.284 e. The van der Waals surface area contributed by atoms with Crippen molar-refractivity contribution in [2.75, 3.05) is 6.26 Å². The molecule has 1 amide bonds. The first-order valence-electron chi connectivity index (χ1n) is 5.17. The van der Waals surface area contributed by atoms with Crippen molar-refractivity contribution in [3.63, 3.8) is 0 Å². The van der Waals surface area contributed by atoms with Crippen molar-refractivity contribution in [1.29, 1.82) is 0 Å². The van der Waals surface area contributed by atoms with Gasteiger partial charge in [-0.15, -0.1) is 0 Å². The number of carbonyl (C=O) groups excluding carboxylic acids is 1. The third kappa shape index (κ3) is 3.55. The highest BCUT2D eigenvalue weighted by Gasteiger charge is 2.14. The van der Waals surface area contributed by atoms with Gasteiger partial charge >= 0.3 is 0 Å². The van der Waals surface area contributed by atoms with E-state index in [1.807, 2.05) is 4.72 Å². The second kappa shape index (κ2) is 5.02. The number of amides is 1. The predicted octanol–water partition coefficient (Wildman–Crippen LogP) is 1.22. The van der Waals surface area contributed by atoms with Gasteiger partial charge in [0, 0.05) is 16.9 Å². The topological polar surface area (TPSA) is 81.1 Å². The molecule has 1 aromatic carbocycles. The van der Waals surface area contributed by atoms with Crippen LogP contribution in [0.1, 0.15) is 10.5 Å². The Kier molecular flexibility index (Phi) is 3.59. The molecule has 2 rings (SSSR count). The largest absolute Gasteiger partial charge is 0.305 e. The zero-order valence-electron chi connectivity index (χ0n) is 9.87. The van der Waals surface area contributed by atoms with E-state index in [2.05, 4.69) is 4.98 Å². The van der Waals surface area contributed by atoms with E-state index in [1.165, 1.54) is 12.5 Å². The van der Waals surface area contributed by atoms with Gasteiger partial charge in [0.2, 0.25) is 10.0 Å². The molecule has 0 aliphatic rings. The number of hydrogen-bond acceptors (Lipinski definition) is 4. The molecule has 2 aromatic rings. The van der Waals surface area contributed by atoms with Crippen molar-refractivity contribution in [1.82, 2.24) is 14.3 Å². The minimum atomic E-state index is -3.60. The lowest BCUT2D eigenvalue weighted by Crippen LogP contribution is -2.29. The SMILES string of the molecule is CS(=O)(=O)NC(=O)c1cn(-c2cccc(Cl)c2)cn1. The number of imidazole rings is 1. The monoisotopic (exact) mass is 299 g/mol. The molecule has 19 heavy (non-hydrogen) atoms. The molecule has 0 spiro atoms. The van der Waals surface area contributed by atoms with Crippen LogP contribution in [0.5, 0.6) is 0 Å². The predicted molar refractivity (Wildman–Crippen MR) is 70.9 cm³/mol. The highest BCUT2D eigenvalue weighted by molar-refractivity contribution is 7.89. The van der Waals surface area contributed by atoms with Gasteiger partial charge in [-0.3, -0.25) is 4.79 Å². The molecular formula is C11H10ClN3O3S. The highest BCUT2D eigenvalue weighted by Crippen LogP contribution is 2.15. The van der Waals surface area contributed by atoms with Crippen LogP contribution in [0.25, 0.3) is 5.69 Å². The Bertz CT molecular complexity index is 724. The maximum absolute atomic E-state index is 11.6. The molecule has 0 aliphatic carbocycles. The molecule has 8 heteroatoms. The molecule has 0 saturated carbocycles. The van der Waals surface area contributed by atoms with Crippen LogP contribution in [-0.4, -0.2) is 30.1 Å². The second-order valence-electron chi connectivity index (χ2n) is 3.85. The lowest BCUT2D eigenvalue weighted by atomic mass is 10.3. The lowest BCUT2D eigenvalue weighted by Gasteiger charge is -2.01. The maximum atomic E-state index is 11.6. The molecule has 100 valence electrons. The Labute approximate surface area is 115 Å². The van der Waals surface area contributed by atoms with Crippen LogP contribution in [0.4, 0.5) is 0 Å². The quantitative estimate of drug-likeness (QED) is 0.924. The van der Waals surface area contributed by atoms with E-state index >= 15 is 0 Å². The number of nitrogens with one attached hydrogen (secondary N) is 1. The zero-order chi connectivity index (χ0) is 14.0. The van der Waals surface area contributed by atoms with Gasteiger partial charge in [-0.05, 0) is 18.2 Å². The summed E-state index contributed by atoms with van der Waals surface area (Å²) in [4.78, 5) is 15.4. The van der Waals surface area contributed by atoms with E-state index in [0.29, 0.717) is 5.02 Å². The number of nitrogens with zero attached hydrogens (tertiary/aromatic N) is 2. The van der Waals surface area contributed by atoms with Gasteiger partial charge in [-0.2, -0.15) is 0 Å². The molecule has 0 atom stereocenters. The molecule has 0 unspecified atom stereocenters. The number of rotatable bonds is 3. The number of aromatic nitrogens is 2. The lowest BCUT2D eigenvalue weighted by molar-refractivity contribution is 0.0977. The van der Waals surface area contributed by atoms with Crippen molar-refractivity contribution in [3.05, 3.63) is 47.5 Å². The van der Waals surface area contributed by atoms with E-state index in [0.717, 1.165) is 11.9 Å². The summed E-state index contributed by atoms with van der Waals surface area (Å²) in [6.07, 6.45) is 3.73. The summed E-state index contributed by atoms with van der Waals surface area (Å²) in [5.74, 6) is -0.775. The molecule has 1 heterocycles. The molecule has 0 fully saturated rings. The highest BCUT2D eigenvalue weighted by atomic mass is 35.5. The third-order valence-corrected chi connectivity index (χ3v) is 2.99. The molecule has 0 aliphatic heterocycles. The summed E-state index contributed by atoms with van der Waals surface area (Å²) in [6.45, 7) is 0. The molecular weight excluding hydrogens is 290 g/mol. The van der Waals surface area contributed by atoms with Crippen molar-refractivity contribution in [3.8, 4) is 5.69 Å². The number of hydrogen-bond donors (Lipinski definition) is 1. The first kappa shape index (κ1) is 13.6. The fourth-order valence-electron chi connectivity index (χ4n) is 1.44. The molecule has 0 bridgehead atoms. The first-order valence-corrected chi connectivity index (χ1v) is 7.44. The van der Waals surface area contributed by atoms with E-state index in [4.69, 9.17) is 11.6 Å². The number of sulfonamides is 1. The van der Waals surface area contributed by atoms with Crippen LogP contribution < -0.4 is 4.72 Å². The molecule has 0 radical (unpaired) electrons. The van der Waals surface area contributed by atoms with Crippen LogP contribution >= 0.6 is 11.6 Å². The van der Waals surface area contributed by atoms with Gasteiger partial charge in [0.25, 0.3) is 5.91 Å². The standard InChI is InChI=1S/C11H10ClN3O3S/c1-19(17,18)14-11(16)10-6-15(7-13-10)9-4-2-3-8(12)5-9/h2-7H,1H3,(H,14,16). The normalized spacial score (nSPS) is 11.3. The summed E-state index contributed by atoms with van der Waals surface area (Å²) in [7, 11) is -3.60. The van der Waals surface area contributed by atoms with Crippen LogP contribution in [0.15, 0.2) is 36.8 Å². The summed E-state index contributed by atoms with van der Waals surface area (Å²) in [6, 6.07) is 6.96. The van der Waals surface area contributed by atoms with Crippen molar-refractivity contribution < 1.29 is 13.2 Å². The molecule has 1 aromatic heterocycles. The number of benzene rings is 1. The average molecular weight is 300 g/mol. The van der Waals surface area contributed by atoms with Crippen LogP contribution in [-0.2, 0) is 10.0 Å². The zero-order valence-corrected chi connectivity index (χ0v) is 11.4. The fraction of sp³-hybridized carbons (Fsp3) is 0.0909. The maximum Gasteiger partial charge on any atom is 0.284 e. The van der Waals surface area contributed by atoms with Gasteiger partial charge in [-0.25, -0.2) is 18.1 Å². The minimum Gasteiger partial charge on any atom is -0.305 e.